The number of hydrogen-bond acceptors (Lipinski definition) is 5. The van der Waals surface area contributed by atoms with E-state index in [0.717, 1.165) is 24.3 Å². The lowest BCUT2D eigenvalue weighted by Crippen LogP contribution is -2.29. The molecular weight excluding hydrogens is 324 g/mol. The minimum atomic E-state index is 0.516. The van der Waals surface area contributed by atoms with Crippen molar-refractivity contribution in [3.05, 3.63) is 60.0 Å². The number of hydrogen-bond donors (Lipinski definition) is 1. The molecule has 26 heavy (non-hydrogen) atoms. The van der Waals surface area contributed by atoms with Crippen molar-refractivity contribution in [3.63, 3.8) is 0 Å². The van der Waals surface area contributed by atoms with Crippen molar-refractivity contribution in [2.24, 2.45) is 0 Å². The summed E-state index contributed by atoms with van der Waals surface area (Å²) in [5, 5.41) is 11.6. The summed E-state index contributed by atoms with van der Waals surface area (Å²) in [5.41, 5.74) is 4.49. The summed E-state index contributed by atoms with van der Waals surface area (Å²) >= 11 is 0. The van der Waals surface area contributed by atoms with Gasteiger partial charge in [0.15, 0.2) is 0 Å². The quantitative estimate of drug-likeness (QED) is 0.727. The SMILES string of the molecule is Cc1cccc(-c2nnc(CNc3ccc(N4CCCCC4)cc3)o2)c1. The fourth-order valence-corrected chi connectivity index (χ4v) is 3.34. The minimum absolute atomic E-state index is 0.516. The van der Waals surface area contributed by atoms with Gasteiger partial charge in [-0.3, -0.25) is 0 Å². The van der Waals surface area contributed by atoms with Crippen LogP contribution in [-0.2, 0) is 6.54 Å². The lowest BCUT2D eigenvalue weighted by molar-refractivity contribution is 0.515. The molecule has 0 spiro atoms. The zero-order valence-corrected chi connectivity index (χ0v) is 15.1. The Morgan fingerprint density at radius 2 is 1.81 bits per heavy atom. The Kier molecular flexibility index (Phi) is 4.86. The first-order valence-electron chi connectivity index (χ1n) is 9.26. The summed E-state index contributed by atoms with van der Waals surface area (Å²) in [6.45, 7) is 4.89. The van der Waals surface area contributed by atoms with Crippen LogP contribution in [0.3, 0.4) is 0 Å². The van der Waals surface area contributed by atoms with E-state index in [1.165, 1.54) is 30.5 Å². The smallest absolute Gasteiger partial charge is 0.247 e. The van der Waals surface area contributed by atoms with Gasteiger partial charge in [0.05, 0.1) is 6.54 Å². The first kappa shape index (κ1) is 16.6. The number of benzene rings is 2. The van der Waals surface area contributed by atoms with E-state index in [1.807, 2.05) is 18.2 Å². The predicted octanol–water partition coefficient (Wildman–Crippen LogP) is 4.65. The largest absolute Gasteiger partial charge is 0.419 e. The van der Waals surface area contributed by atoms with Gasteiger partial charge >= 0.3 is 0 Å². The molecule has 0 radical (unpaired) electrons. The average Bonchev–Trinajstić information content (AvgIpc) is 3.17. The maximum Gasteiger partial charge on any atom is 0.247 e. The number of aromatic nitrogens is 2. The second-order valence-electron chi connectivity index (χ2n) is 6.82. The van der Waals surface area contributed by atoms with Crippen LogP contribution >= 0.6 is 0 Å². The van der Waals surface area contributed by atoms with Crippen molar-refractivity contribution in [1.82, 2.24) is 10.2 Å². The fourth-order valence-electron chi connectivity index (χ4n) is 3.34. The van der Waals surface area contributed by atoms with Crippen LogP contribution < -0.4 is 10.2 Å². The van der Waals surface area contributed by atoms with Crippen molar-refractivity contribution in [3.8, 4) is 11.5 Å². The van der Waals surface area contributed by atoms with Gasteiger partial charge in [0.25, 0.3) is 0 Å². The number of nitrogens with one attached hydrogen (secondary N) is 1. The first-order valence-corrected chi connectivity index (χ1v) is 9.26. The van der Waals surface area contributed by atoms with Crippen LogP contribution in [0.1, 0.15) is 30.7 Å². The summed E-state index contributed by atoms with van der Waals surface area (Å²) in [5.74, 6) is 1.15. The standard InChI is InChI=1S/C21H24N4O/c1-16-6-5-7-17(14-16)21-24-23-20(26-21)15-22-18-8-10-19(11-9-18)25-12-3-2-4-13-25/h5-11,14,22H,2-4,12-13,15H2,1H3. The van der Waals surface area contributed by atoms with Crippen LogP contribution in [0.15, 0.2) is 52.9 Å². The van der Waals surface area contributed by atoms with E-state index in [-0.39, 0.29) is 0 Å². The molecule has 2 heterocycles. The predicted molar refractivity (Wildman–Crippen MR) is 104 cm³/mol. The van der Waals surface area contributed by atoms with Crippen molar-refractivity contribution < 1.29 is 4.42 Å². The second kappa shape index (κ2) is 7.60. The number of anilines is 2. The molecule has 1 N–H and O–H groups in total. The number of rotatable bonds is 5. The molecule has 0 atom stereocenters. The minimum Gasteiger partial charge on any atom is -0.419 e. The van der Waals surface area contributed by atoms with Gasteiger partial charge in [0.1, 0.15) is 0 Å². The maximum absolute atomic E-state index is 5.77. The molecule has 2 aromatic carbocycles. The zero-order chi connectivity index (χ0) is 17.8. The van der Waals surface area contributed by atoms with Crippen LogP contribution in [0.25, 0.3) is 11.5 Å². The molecule has 0 amide bonds. The third-order valence-electron chi connectivity index (χ3n) is 4.76. The second-order valence-corrected chi connectivity index (χ2v) is 6.82. The number of nitrogens with zero attached hydrogens (tertiary/aromatic N) is 3. The van der Waals surface area contributed by atoms with E-state index >= 15 is 0 Å². The molecular formula is C21H24N4O. The summed E-state index contributed by atoms with van der Waals surface area (Å²) < 4.78 is 5.77. The van der Waals surface area contributed by atoms with Gasteiger partial charge in [-0.2, -0.15) is 0 Å². The van der Waals surface area contributed by atoms with E-state index in [4.69, 9.17) is 4.42 Å². The molecule has 0 bridgehead atoms. The molecule has 5 nitrogen and oxygen atoms in total. The Balaban J connectivity index is 1.37. The molecule has 1 aromatic heterocycles. The van der Waals surface area contributed by atoms with E-state index in [1.54, 1.807) is 0 Å². The molecule has 0 saturated carbocycles. The first-order chi connectivity index (χ1) is 12.8. The number of piperidine rings is 1. The Labute approximate surface area is 154 Å². The van der Waals surface area contributed by atoms with Gasteiger partial charge in [-0.1, -0.05) is 17.7 Å². The maximum atomic E-state index is 5.77. The van der Waals surface area contributed by atoms with Crippen LogP contribution in [0.2, 0.25) is 0 Å². The Bertz CT molecular complexity index is 850. The van der Waals surface area contributed by atoms with Crippen LogP contribution in [0.4, 0.5) is 11.4 Å². The van der Waals surface area contributed by atoms with E-state index < -0.39 is 0 Å². The van der Waals surface area contributed by atoms with Gasteiger partial charge in [-0.05, 0) is 62.6 Å². The van der Waals surface area contributed by atoms with Gasteiger partial charge < -0.3 is 14.6 Å². The molecule has 3 aromatic rings. The van der Waals surface area contributed by atoms with E-state index in [0.29, 0.717) is 18.3 Å². The van der Waals surface area contributed by atoms with Crippen LogP contribution in [-0.4, -0.2) is 23.3 Å². The Morgan fingerprint density at radius 1 is 1.00 bits per heavy atom. The Morgan fingerprint density at radius 3 is 2.58 bits per heavy atom. The average molecular weight is 348 g/mol. The highest BCUT2D eigenvalue weighted by Gasteiger charge is 2.11. The summed E-state index contributed by atoms with van der Waals surface area (Å²) in [7, 11) is 0. The molecule has 5 heteroatoms. The summed E-state index contributed by atoms with van der Waals surface area (Å²) in [6, 6.07) is 16.7. The molecule has 1 aliphatic rings. The summed E-state index contributed by atoms with van der Waals surface area (Å²) in [4.78, 5) is 2.46. The van der Waals surface area contributed by atoms with E-state index in [9.17, 15) is 0 Å². The monoisotopic (exact) mass is 348 g/mol. The fraction of sp³-hybridized carbons (Fsp3) is 0.333. The van der Waals surface area contributed by atoms with E-state index in [2.05, 4.69) is 57.7 Å². The van der Waals surface area contributed by atoms with Crippen LogP contribution in [0.5, 0.6) is 0 Å². The van der Waals surface area contributed by atoms with Crippen molar-refractivity contribution in [2.45, 2.75) is 32.7 Å². The van der Waals surface area contributed by atoms with Crippen molar-refractivity contribution >= 4 is 11.4 Å². The molecule has 0 unspecified atom stereocenters. The molecule has 4 rings (SSSR count). The molecule has 1 fully saturated rings. The van der Waals surface area contributed by atoms with Crippen LogP contribution in [0, 0.1) is 6.92 Å². The van der Waals surface area contributed by atoms with Gasteiger partial charge in [-0.15, -0.1) is 10.2 Å². The highest BCUT2D eigenvalue weighted by molar-refractivity contribution is 5.56. The molecule has 134 valence electrons. The van der Waals surface area contributed by atoms with Crippen molar-refractivity contribution in [1.29, 1.82) is 0 Å². The lowest BCUT2D eigenvalue weighted by atomic mass is 10.1. The molecule has 1 aliphatic heterocycles. The van der Waals surface area contributed by atoms with Gasteiger partial charge in [0, 0.05) is 30.0 Å². The third-order valence-corrected chi connectivity index (χ3v) is 4.76. The molecule has 0 aliphatic carbocycles. The van der Waals surface area contributed by atoms with Gasteiger partial charge in [0.2, 0.25) is 11.8 Å². The summed E-state index contributed by atoms with van der Waals surface area (Å²) in [6.07, 6.45) is 3.94. The normalized spacial score (nSPS) is 14.4. The topological polar surface area (TPSA) is 54.2 Å². The highest BCUT2D eigenvalue weighted by atomic mass is 16.4. The van der Waals surface area contributed by atoms with Gasteiger partial charge in [-0.25, -0.2) is 0 Å². The number of aryl methyl sites for hydroxylation is 1. The zero-order valence-electron chi connectivity index (χ0n) is 15.1. The molecule has 1 saturated heterocycles. The third kappa shape index (κ3) is 3.87. The highest BCUT2D eigenvalue weighted by Crippen LogP contribution is 2.23. The lowest BCUT2D eigenvalue weighted by Gasteiger charge is -2.28. The Hall–Kier alpha value is -2.82. The van der Waals surface area contributed by atoms with Crippen molar-refractivity contribution in [2.75, 3.05) is 23.3 Å².